The zero-order chi connectivity index (χ0) is 10.7. The average molecular weight is 207 g/mol. The van der Waals surface area contributed by atoms with Gasteiger partial charge in [0.25, 0.3) is 0 Å². The van der Waals surface area contributed by atoms with Crippen molar-refractivity contribution in [3.05, 3.63) is 30.0 Å². The fourth-order valence-corrected chi connectivity index (χ4v) is 0.998. The van der Waals surface area contributed by atoms with E-state index in [1.807, 2.05) is 0 Å². The summed E-state index contributed by atoms with van der Waals surface area (Å²) in [6.45, 7) is 1.80. The van der Waals surface area contributed by atoms with Crippen LogP contribution in [0, 0.1) is 6.92 Å². The number of hydrazone groups is 1. The Kier molecular flexibility index (Phi) is 2.36. The number of furan rings is 1. The minimum Gasteiger partial charge on any atom is -0.463 e. The smallest absolute Gasteiger partial charge is 0.421 e. The van der Waals surface area contributed by atoms with Crippen LogP contribution in [-0.4, -0.2) is 16.4 Å². The molecule has 0 saturated carbocycles. The van der Waals surface area contributed by atoms with Crippen molar-refractivity contribution in [1.29, 1.82) is 0 Å². The predicted octanol–water partition coefficient (Wildman–Crippen LogP) is -0.242. The Morgan fingerprint density at radius 3 is 3.20 bits per heavy atom. The molecule has 2 heterocycles. The molecule has 0 aliphatic carbocycles. The van der Waals surface area contributed by atoms with E-state index in [0.717, 1.165) is 5.82 Å². The zero-order valence-electron chi connectivity index (χ0n) is 8.14. The van der Waals surface area contributed by atoms with Gasteiger partial charge in [-0.25, -0.2) is 0 Å². The lowest BCUT2D eigenvalue weighted by Gasteiger charge is -1.90. The SMILES string of the molecule is Cc1[nH]nc(NN=Cc2ccco2)[n+]1N. The van der Waals surface area contributed by atoms with Crippen molar-refractivity contribution in [1.82, 2.24) is 10.2 Å². The van der Waals surface area contributed by atoms with Gasteiger partial charge in [-0.15, -0.1) is 9.78 Å². The van der Waals surface area contributed by atoms with Crippen LogP contribution >= 0.6 is 0 Å². The topological polar surface area (TPSA) is 96.1 Å². The number of hydrogen-bond acceptors (Lipinski definition) is 5. The summed E-state index contributed by atoms with van der Waals surface area (Å²) in [5.74, 6) is 7.43. The number of anilines is 1. The minimum atomic E-state index is 0.426. The molecular weight excluding hydrogens is 196 g/mol. The first-order valence-electron chi connectivity index (χ1n) is 4.32. The predicted molar refractivity (Wildman–Crippen MR) is 53.6 cm³/mol. The maximum atomic E-state index is 5.63. The molecule has 0 fully saturated rings. The van der Waals surface area contributed by atoms with Crippen LogP contribution in [0.4, 0.5) is 5.95 Å². The van der Waals surface area contributed by atoms with Gasteiger partial charge in [0.15, 0.2) is 0 Å². The molecule has 0 aliphatic rings. The molecule has 78 valence electrons. The fourth-order valence-electron chi connectivity index (χ4n) is 0.998. The normalized spacial score (nSPS) is 11.0. The summed E-state index contributed by atoms with van der Waals surface area (Å²) in [5.41, 5.74) is 2.68. The second kappa shape index (κ2) is 3.82. The Bertz CT molecular complexity index is 457. The third-order valence-corrected chi connectivity index (χ3v) is 1.81. The van der Waals surface area contributed by atoms with E-state index < -0.39 is 0 Å². The highest BCUT2D eigenvalue weighted by atomic mass is 16.3. The molecule has 0 aliphatic heterocycles. The van der Waals surface area contributed by atoms with E-state index in [0.29, 0.717) is 11.7 Å². The highest BCUT2D eigenvalue weighted by Gasteiger charge is 2.11. The quantitative estimate of drug-likeness (QED) is 0.280. The van der Waals surface area contributed by atoms with Crippen LogP contribution in [0.25, 0.3) is 0 Å². The van der Waals surface area contributed by atoms with Crippen molar-refractivity contribution in [2.75, 3.05) is 11.3 Å². The van der Waals surface area contributed by atoms with E-state index in [2.05, 4.69) is 20.7 Å². The van der Waals surface area contributed by atoms with Crippen molar-refractivity contribution in [2.45, 2.75) is 6.92 Å². The molecule has 0 unspecified atom stereocenters. The molecule has 0 spiro atoms. The summed E-state index contributed by atoms with van der Waals surface area (Å²) < 4.78 is 6.41. The summed E-state index contributed by atoms with van der Waals surface area (Å²) >= 11 is 0. The monoisotopic (exact) mass is 207 g/mol. The van der Waals surface area contributed by atoms with E-state index in [1.54, 1.807) is 25.3 Å². The molecule has 7 heteroatoms. The van der Waals surface area contributed by atoms with Crippen molar-refractivity contribution < 1.29 is 9.09 Å². The van der Waals surface area contributed by atoms with Crippen molar-refractivity contribution in [3.8, 4) is 0 Å². The second-order valence-corrected chi connectivity index (χ2v) is 2.89. The number of aromatic amines is 1. The Morgan fingerprint density at radius 2 is 2.60 bits per heavy atom. The lowest BCUT2D eigenvalue weighted by molar-refractivity contribution is -0.631. The third-order valence-electron chi connectivity index (χ3n) is 1.81. The maximum absolute atomic E-state index is 5.63. The summed E-state index contributed by atoms with van der Waals surface area (Å²) in [5, 5.41) is 10.5. The summed E-state index contributed by atoms with van der Waals surface area (Å²) in [4.78, 5) is 0. The number of nitrogens with one attached hydrogen (secondary N) is 2. The Balaban J connectivity index is 2.02. The van der Waals surface area contributed by atoms with Gasteiger partial charge in [-0.3, -0.25) is 5.84 Å². The summed E-state index contributed by atoms with van der Waals surface area (Å²) in [6.07, 6.45) is 3.10. The Labute approximate surface area is 85.6 Å². The number of aryl methyl sites for hydroxylation is 1. The van der Waals surface area contributed by atoms with Gasteiger partial charge in [0.05, 0.1) is 6.26 Å². The maximum Gasteiger partial charge on any atom is 0.421 e. The van der Waals surface area contributed by atoms with Crippen molar-refractivity contribution in [3.63, 3.8) is 0 Å². The number of aromatic nitrogens is 3. The molecule has 15 heavy (non-hydrogen) atoms. The molecule has 0 atom stereocenters. The van der Waals surface area contributed by atoms with Crippen LogP contribution in [-0.2, 0) is 0 Å². The van der Waals surface area contributed by atoms with Crippen LogP contribution in [0.2, 0.25) is 0 Å². The average Bonchev–Trinajstić information content (AvgIpc) is 2.83. The largest absolute Gasteiger partial charge is 0.463 e. The molecule has 0 saturated heterocycles. The van der Waals surface area contributed by atoms with E-state index in [4.69, 9.17) is 10.3 Å². The van der Waals surface area contributed by atoms with E-state index in [1.165, 1.54) is 10.9 Å². The van der Waals surface area contributed by atoms with Crippen LogP contribution in [0.15, 0.2) is 27.9 Å². The zero-order valence-corrected chi connectivity index (χ0v) is 8.14. The van der Waals surface area contributed by atoms with Crippen molar-refractivity contribution in [2.24, 2.45) is 5.10 Å². The molecule has 2 aromatic rings. The highest BCUT2D eigenvalue weighted by molar-refractivity contribution is 5.76. The summed E-state index contributed by atoms with van der Waals surface area (Å²) in [7, 11) is 0. The lowest BCUT2D eigenvalue weighted by Crippen LogP contribution is -2.47. The Morgan fingerprint density at radius 1 is 1.73 bits per heavy atom. The Hall–Kier alpha value is -2.31. The van der Waals surface area contributed by atoms with Gasteiger partial charge in [-0.1, -0.05) is 0 Å². The number of nitrogen functional groups attached to an aromatic ring is 1. The minimum absolute atomic E-state index is 0.426. The second-order valence-electron chi connectivity index (χ2n) is 2.89. The van der Waals surface area contributed by atoms with Gasteiger partial charge < -0.3 is 4.42 Å². The fraction of sp³-hybridized carbons (Fsp3) is 0.125. The number of rotatable bonds is 3. The van der Waals surface area contributed by atoms with Gasteiger partial charge in [0.2, 0.25) is 5.82 Å². The number of nitrogens with two attached hydrogens (primary N) is 1. The molecule has 2 rings (SSSR count). The third kappa shape index (κ3) is 1.96. The van der Waals surface area contributed by atoms with E-state index in [9.17, 15) is 0 Å². The highest BCUT2D eigenvalue weighted by Crippen LogP contribution is 1.96. The molecule has 0 bridgehead atoms. The molecular formula is C8H11N6O+. The molecule has 7 nitrogen and oxygen atoms in total. The van der Waals surface area contributed by atoms with Crippen LogP contribution in [0.5, 0.6) is 0 Å². The number of H-pyrrole nitrogens is 1. The van der Waals surface area contributed by atoms with Gasteiger partial charge in [0.1, 0.15) is 12.0 Å². The standard InChI is InChI=1S/C8H10N6O/c1-6-11-13-8(14(6)9)12-10-5-7-3-2-4-15-7/h2-5H,9H2,1H3,(H,12,13)/p+1. The van der Waals surface area contributed by atoms with Crippen LogP contribution in [0.1, 0.15) is 11.6 Å². The summed E-state index contributed by atoms with van der Waals surface area (Å²) in [6, 6.07) is 3.57. The lowest BCUT2D eigenvalue weighted by atomic mass is 10.5. The van der Waals surface area contributed by atoms with Gasteiger partial charge in [0, 0.05) is 12.0 Å². The molecule has 0 amide bonds. The number of hydrogen-bond donors (Lipinski definition) is 3. The van der Waals surface area contributed by atoms with Crippen LogP contribution < -0.4 is 15.9 Å². The van der Waals surface area contributed by atoms with Gasteiger partial charge in [-0.05, 0) is 12.1 Å². The first kappa shape index (κ1) is 9.25. The molecule has 0 aromatic carbocycles. The van der Waals surface area contributed by atoms with Gasteiger partial charge >= 0.3 is 5.95 Å². The number of nitrogens with zero attached hydrogens (tertiary/aromatic N) is 3. The van der Waals surface area contributed by atoms with E-state index in [-0.39, 0.29) is 0 Å². The molecule has 4 N–H and O–H groups in total. The first-order valence-corrected chi connectivity index (χ1v) is 4.32. The molecule has 2 aromatic heterocycles. The first-order chi connectivity index (χ1) is 7.27. The van der Waals surface area contributed by atoms with Crippen LogP contribution in [0.3, 0.4) is 0 Å². The van der Waals surface area contributed by atoms with Gasteiger partial charge in [-0.2, -0.15) is 10.5 Å². The van der Waals surface area contributed by atoms with Crippen molar-refractivity contribution >= 4 is 12.2 Å². The molecule has 0 radical (unpaired) electrons. The van der Waals surface area contributed by atoms with E-state index >= 15 is 0 Å².